The van der Waals surface area contributed by atoms with Gasteiger partial charge in [0.15, 0.2) is 0 Å². The van der Waals surface area contributed by atoms with Crippen LogP contribution < -0.4 is 0 Å². The number of ether oxygens (including phenoxy) is 1. The Bertz CT molecular complexity index is 312. The first-order valence-corrected chi connectivity index (χ1v) is 9.02. The number of hydrogen-bond acceptors (Lipinski definition) is 4. The van der Waals surface area contributed by atoms with E-state index in [-0.39, 0.29) is 0 Å². The quantitative estimate of drug-likeness (QED) is 0.859. The number of morpholine rings is 1. The largest absolute Gasteiger partial charge is 0.389 e. The third kappa shape index (κ3) is 4.41. The molecular formula is C17H32N2O2. The molecule has 122 valence electrons. The number of β-amino-alcohol motifs (C(OH)–C–C–N with tert-alkyl or cyclic N) is 1. The molecule has 2 heterocycles. The van der Waals surface area contributed by atoms with Gasteiger partial charge in [-0.3, -0.25) is 9.80 Å². The summed E-state index contributed by atoms with van der Waals surface area (Å²) in [6.45, 7) is 7.18. The van der Waals surface area contributed by atoms with Crippen molar-refractivity contribution in [2.24, 2.45) is 0 Å². The summed E-state index contributed by atoms with van der Waals surface area (Å²) in [7, 11) is 0. The summed E-state index contributed by atoms with van der Waals surface area (Å²) in [6.07, 6.45) is 9.69. The van der Waals surface area contributed by atoms with Crippen molar-refractivity contribution in [1.82, 2.24) is 9.80 Å². The monoisotopic (exact) mass is 296 g/mol. The molecule has 4 heteroatoms. The van der Waals surface area contributed by atoms with Crippen LogP contribution in [0.5, 0.6) is 0 Å². The predicted octanol–water partition coefficient (Wildman–Crippen LogP) is 1.87. The first-order valence-electron chi connectivity index (χ1n) is 9.02. The fourth-order valence-corrected chi connectivity index (χ4v) is 4.30. The maximum atomic E-state index is 10.9. The fraction of sp³-hybridized carbons (Fsp3) is 1.00. The van der Waals surface area contributed by atoms with Gasteiger partial charge in [0.05, 0.1) is 18.8 Å². The average Bonchev–Trinajstić information content (AvgIpc) is 2.51. The Morgan fingerprint density at radius 3 is 2.48 bits per heavy atom. The lowest BCUT2D eigenvalue weighted by molar-refractivity contribution is -0.0502. The first-order chi connectivity index (χ1) is 10.3. The highest BCUT2D eigenvalue weighted by atomic mass is 16.5. The van der Waals surface area contributed by atoms with Crippen molar-refractivity contribution < 1.29 is 9.84 Å². The van der Waals surface area contributed by atoms with Crippen molar-refractivity contribution in [3.8, 4) is 0 Å². The molecule has 3 aliphatic rings. The van der Waals surface area contributed by atoms with Crippen molar-refractivity contribution in [2.75, 3.05) is 45.9 Å². The zero-order valence-corrected chi connectivity index (χ0v) is 13.4. The number of likely N-dealkylation sites (tertiary alicyclic amines) is 1. The van der Waals surface area contributed by atoms with Gasteiger partial charge in [0.25, 0.3) is 0 Å². The van der Waals surface area contributed by atoms with E-state index in [1.807, 2.05) is 0 Å². The second-order valence-corrected chi connectivity index (χ2v) is 7.32. The van der Waals surface area contributed by atoms with Gasteiger partial charge in [0, 0.05) is 32.2 Å². The molecule has 21 heavy (non-hydrogen) atoms. The normalized spacial score (nSPS) is 32.1. The lowest BCUT2D eigenvalue weighted by Gasteiger charge is -2.44. The number of hydrogen-bond donors (Lipinski definition) is 1. The Kier molecular flexibility index (Phi) is 5.54. The van der Waals surface area contributed by atoms with Crippen molar-refractivity contribution in [3.05, 3.63) is 0 Å². The van der Waals surface area contributed by atoms with Crippen LogP contribution in [0, 0.1) is 0 Å². The smallest absolute Gasteiger partial charge is 0.0774 e. The Morgan fingerprint density at radius 1 is 0.952 bits per heavy atom. The van der Waals surface area contributed by atoms with Gasteiger partial charge in [-0.25, -0.2) is 0 Å². The first kappa shape index (κ1) is 15.7. The van der Waals surface area contributed by atoms with Gasteiger partial charge in [-0.1, -0.05) is 25.7 Å². The molecule has 0 aromatic carbocycles. The number of aliphatic hydroxyl groups is 1. The minimum Gasteiger partial charge on any atom is -0.389 e. The van der Waals surface area contributed by atoms with Crippen molar-refractivity contribution in [3.63, 3.8) is 0 Å². The van der Waals surface area contributed by atoms with E-state index in [4.69, 9.17) is 4.74 Å². The average molecular weight is 296 g/mol. The Labute approximate surface area is 129 Å². The van der Waals surface area contributed by atoms with Crippen LogP contribution in [-0.2, 0) is 4.74 Å². The van der Waals surface area contributed by atoms with Crippen LogP contribution in [0.4, 0.5) is 0 Å². The summed E-state index contributed by atoms with van der Waals surface area (Å²) in [5, 5.41) is 10.9. The zero-order valence-electron chi connectivity index (χ0n) is 13.4. The molecule has 2 saturated heterocycles. The number of piperidine rings is 1. The Hall–Kier alpha value is -0.160. The highest BCUT2D eigenvalue weighted by Crippen LogP contribution is 2.31. The molecule has 0 bridgehead atoms. The molecule has 3 fully saturated rings. The van der Waals surface area contributed by atoms with Gasteiger partial charge in [-0.2, -0.15) is 0 Å². The lowest BCUT2D eigenvalue weighted by atomic mass is 9.83. The van der Waals surface area contributed by atoms with Crippen molar-refractivity contribution in [1.29, 1.82) is 0 Å². The molecule has 0 amide bonds. The molecule has 2 aliphatic heterocycles. The topological polar surface area (TPSA) is 35.9 Å². The van der Waals surface area contributed by atoms with E-state index in [2.05, 4.69) is 9.80 Å². The van der Waals surface area contributed by atoms with E-state index >= 15 is 0 Å². The van der Waals surface area contributed by atoms with Gasteiger partial charge in [-0.05, 0) is 32.2 Å². The third-order valence-corrected chi connectivity index (χ3v) is 5.60. The summed E-state index contributed by atoms with van der Waals surface area (Å²) in [5.41, 5.74) is -0.404. The van der Waals surface area contributed by atoms with Gasteiger partial charge >= 0.3 is 0 Å². The molecule has 1 N–H and O–H groups in total. The summed E-state index contributed by atoms with van der Waals surface area (Å²) >= 11 is 0. The highest BCUT2D eigenvalue weighted by Gasteiger charge is 2.35. The minimum atomic E-state index is -0.404. The van der Waals surface area contributed by atoms with Crippen molar-refractivity contribution >= 4 is 0 Å². The predicted molar refractivity (Wildman–Crippen MR) is 84.5 cm³/mol. The summed E-state index contributed by atoms with van der Waals surface area (Å²) in [6, 6.07) is 0.641. The SMILES string of the molecule is OC1(CN2CCCCC2CN2CCOCC2)CCCCC1. The molecular weight excluding hydrogens is 264 g/mol. The summed E-state index contributed by atoms with van der Waals surface area (Å²) in [5.74, 6) is 0. The molecule has 1 saturated carbocycles. The van der Waals surface area contributed by atoms with Crippen molar-refractivity contribution in [2.45, 2.75) is 63.0 Å². The van der Waals surface area contributed by atoms with Gasteiger partial charge in [-0.15, -0.1) is 0 Å². The Balaban J connectivity index is 1.55. The van der Waals surface area contributed by atoms with E-state index in [1.54, 1.807) is 0 Å². The molecule has 0 aromatic heterocycles. The third-order valence-electron chi connectivity index (χ3n) is 5.60. The van der Waals surface area contributed by atoms with Gasteiger partial charge < -0.3 is 9.84 Å². The Morgan fingerprint density at radius 2 is 1.71 bits per heavy atom. The van der Waals surface area contributed by atoms with E-state index in [1.165, 1.54) is 51.6 Å². The molecule has 0 radical (unpaired) electrons. The second kappa shape index (κ2) is 7.40. The van der Waals surface area contributed by atoms with Crippen LogP contribution in [0.3, 0.4) is 0 Å². The molecule has 3 rings (SSSR count). The molecule has 1 atom stereocenters. The zero-order chi connectivity index (χ0) is 14.5. The fourth-order valence-electron chi connectivity index (χ4n) is 4.30. The van der Waals surface area contributed by atoms with Crippen LogP contribution in [0.25, 0.3) is 0 Å². The number of rotatable bonds is 4. The van der Waals surface area contributed by atoms with Crippen LogP contribution in [-0.4, -0.2) is 72.5 Å². The van der Waals surface area contributed by atoms with Crippen LogP contribution in [0.15, 0.2) is 0 Å². The molecule has 1 aliphatic carbocycles. The van der Waals surface area contributed by atoms with E-state index in [9.17, 15) is 5.11 Å². The van der Waals surface area contributed by atoms with E-state index < -0.39 is 5.60 Å². The molecule has 0 aromatic rings. The minimum absolute atomic E-state index is 0.404. The van der Waals surface area contributed by atoms with E-state index in [0.717, 1.165) is 45.7 Å². The maximum absolute atomic E-state index is 10.9. The second-order valence-electron chi connectivity index (χ2n) is 7.32. The highest BCUT2D eigenvalue weighted by molar-refractivity contribution is 4.90. The lowest BCUT2D eigenvalue weighted by Crippen LogP contribution is -2.54. The number of nitrogens with zero attached hydrogens (tertiary/aromatic N) is 2. The molecule has 4 nitrogen and oxygen atoms in total. The van der Waals surface area contributed by atoms with Gasteiger partial charge in [0.2, 0.25) is 0 Å². The van der Waals surface area contributed by atoms with Crippen LogP contribution in [0.2, 0.25) is 0 Å². The van der Waals surface area contributed by atoms with Crippen LogP contribution in [0.1, 0.15) is 51.4 Å². The summed E-state index contributed by atoms with van der Waals surface area (Å²) < 4.78 is 5.46. The molecule has 1 unspecified atom stereocenters. The standard InChI is InChI=1S/C17H32N2O2/c20-17(7-3-1-4-8-17)15-19-9-5-2-6-16(19)14-18-10-12-21-13-11-18/h16,20H,1-15H2. The van der Waals surface area contributed by atoms with Crippen LogP contribution >= 0.6 is 0 Å². The summed E-state index contributed by atoms with van der Waals surface area (Å²) in [4.78, 5) is 5.15. The molecule has 0 spiro atoms. The van der Waals surface area contributed by atoms with E-state index in [0.29, 0.717) is 6.04 Å². The maximum Gasteiger partial charge on any atom is 0.0774 e. The van der Waals surface area contributed by atoms with Gasteiger partial charge in [0.1, 0.15) is 0 Å².